The van der Waals surface area contributed by atoms with E-state index in [1.807, 2.05) is 20.8 Å². The molecule has 3 aromatic rings. The second kappa shape index (κ2) is 11.6. The Labute approximate surface area is 213 Å². The number of benzene rings is 2. The predicted octanol–water partition coefficient (Wildman–Crippen LogP) is 3.22. The third kappa shape index (κ3) is 6.05. The summed E-state index contributed by atoms with van der Waals surface area (Å²) in [5.74, 6) is -0.0582. The number of ether oxygens (including phenoxy) is 4. The monoisotopic (exact) mass is 536 g/mol. The van der Waals surface area contributed by atoms with Crippen LogP contribution < -0.4 is 19.0 Å². The van der Waals surface area contributed by atoms with Crippen LogP contribution in [0.4, 0.5) is 0 Å². The van der Waals surface area contributed by atoms with Gasteiger partial charge in [0.15, 0.2) is 26.1 Å². The van der Waals surface area contributed by atoms with Gasteiger partial charge in [0.05, 0.1) is 42.0 Å². The maximum absolute atomic E-state index is 13.3. The molecule has 0 aliphatic carbocycles. The molecule has 1 aromatic heterocycles. The summed E-state index contributed by atoms with van der Waals surface area (Å²) in [5, 5.41) is 0. The van der Waals surface area contributed by atoms with Crippen LogP contribution in [0, 0.1) is 0 Å². The number of carbonyl (C=O) groups excluding carboxylic acids is 2. The molecule has 0 atom stereocenters. The number of carbonyl (C=O) groups is 2. The normalized spacial score (nSPS) is 12.0. The summed E-state index contributed by atoms with van der Waals surface area (Å²) in [6, 6.07) is 7.57. The highest BCUT2D eigenvalue weighted by atomic mass is 32.2. The number of sulfone groups is 1. The second-order valence-corrected chi connectivity index (χ2v) is 10.5. The SMILES string of the molecule is CCOc1cc(C(=O)N=c2sc3cc(S(C)(=O)=O)ccc3n2CC(=O)OC)cc(OCC)c1OCC. The molecule has 0 bridgehead atoms. The number of hydrogen-bond donors (Lipinski definition) is 0. The van der Waals surface area contributed by atoms with Crippen molar-refractivity contribution in [3.63, 3.8) is 0 Å². The van der Waals surface area contributed by atoms with Gasteiger partial charge < -0.3 is 23.5 Å². The van der Waals surface area contributed by atoms with Gasteiger partial charge in [0.1, 0.15) is 6.54 Å². The molecule has 0 spiro atoms. The Morgan fingerprint density at radius 3 is 2.11 bits per heavy atom. The molecular formula is C24H28N2O8S2. The quantitative estimate of drug-likeness (QED) is 0.362. The number of methoxy groups -OCH3 is 1. The first-order chi connectivity index (χ1) is 17.1. The summed E-state index contributed by atoms with van der Waals surface area (Å²) < 4.78 is 47.9. The van der Waals surface area contributed by atoms with Gasteiger partial charge >= 0.3 is 5.97 Å². The summed E-state index contributed by atoms with van der Waals surface area (Å²) in [6.07, 6.45) is 1.11. The maximum Gasteiger partial charge on any atom is 0.325 e. The number of hydrogen-bond acceptors (Lipinski definition) is 9. The van der Waals surface area contributed by atoms with Crippen molar-refractivity contribution in [2.45, 2.75) is 32.2 Å². The second-order valence-electron chi connectivity index (χ2n) is 7.47. The van der Waals surface area contributed by atoms with Crippen molar-refractivity contribution in [1.29, 1.82) is 0 Å². The third-order valence-electron chi connectivity index (χ3n) is 4.95. The molecule has 1 amide bonds. The lowest BCUT2D eigenvalue weighted by molar-refractivity contribution is -0.141. The van der Waals surface area contributed by atoms with Gasteiger partial charge in [-0.15, -0.1) is 0 Å². The van der Waals surface area contributed by atoms with Crippen LogP contribution >= 0.6 is 11.3 Å². The molecule has 194 valence electrons. The molecular weight excluding hydrogens is 508 g/mol. The molecule has 10 nitrogen and oxygen atoms in total. The summed E-state index contributed by atoms with van der Waals surface area (Å²) >= 11 is 1.09. The molecule has 12 heteroatoms. The molecule has 0 unspecified atom stereocenters. The fourth-order valence-electron chi connectivity index (χ4n) is 3.38. The summed E-state index contributed by atoms with van der Waals surface area (Å²) in [7, 11) is -2.20. The highest BCUT2D eigenvalue weighted by Gasteiger charge is 2.20. The van der Waals surface area contributed by atoms with Gasteiger partial charge in [0, 0.05) is 11.8 Å². The first-order valence-electron chi connectivity index (χ1n) is 11.2. The Bertz CT molecular complexity index is 1430. The van der Waals surface area contributed by atoms with E-state index in [-0.39, 0.29) is 21.8 Å². The molecule has 0 aliphatic rings. The van der Waals surface area contributed by atoms with Crippen molar-refractivity contribution in [3.8, 4) is 17.2 Å². The molecule has 0 fully saturated rings. The third-order valence-corrected chi connectivity index (χ3v) is 7.10. The molecule has 1 heterocycles. The lowest BCUT2D eigenvalue weighted by Crippen LogP contribution is -2.22. The highest BCUT2D eigenvalue weighted by molar-refractivity contribution is 7.90. The maximum atomic E-state index is 13.3. The lowest BCUT2D eigenvalue weighted by atomic mass is 10.1. The number of thiazole rings is 1. The first kappa shape index (κ1) is 27.2. The average molecular weight is 537 g/mol. The van der Waals surface area contributed by atoms with Crippen LogP contribution in [-0.2, 0) is 25.9 Å². The van der Waals surface area contributed by atoms with Crippen molar-refractivity contribution < 1.29 is 37.0 Å². The van der Waals surface area contributed by atoms with Gasteiger partial charge in [-0.2, -0.15) is 4.99 Å². The van der Waals surface area contributed by atoms with Crippen LogP contribution in [0.1, 0.15) is 31.1 Å². The minimum atomic E-state index is -3.45. The van der Waals surface area contributed by atoms with E-state index in [0.29, 0.717) is 47.3 Å². The smallest absolute Gasteiger partial charge is 0.325 e. The zero-order chi connectivity index (χ0) is 26.5. The Morgan fingerprint density at radius 2 is 1.58 bits per heavy atom. The molecule has 0 saturated carbocycles. The fraction of sp³-hybridized carbons (Fsp3) is 0.375. The number of nitrogens with zero attached hydrogens (tertiary/aromatic N) is 2. The van der Waals surface area contributed by atoms with Crippen LogP contribution in [-0.4, -0.2) is 58.0 Å². The van der Waals surface area contributed by atoms with Crippen molar-refractivity contribution in [2.24, 2.45) is 4.99 Å². The number of amides is 1. The molecule has 2 aromatic carbocycles. The Balaban J connectivity index is 2.19. The molecule has 0 aliphatic heterocycles. The number of aromatic nitrogens is 1. The number of fused-ring (bicyclic) bond motifs is 1. The Morgan fingerprint density at radius 1 is 0.972 bits per heavy atom. The molecule has 0 radical (unpaired) electrons. The van der Waals surface area contributed by atoms with E-state index >= 15 is 0 Å². The number of rotatable bonds is 10. The van der Waals surface area contributed by atoms with Crippen LogP contribution in [0.15, 0.2) is 40.2 Å². The van der Waals surface area contributed by atoms with Crippen molar-refractivity contribution in [1.82, 2.24) is 4.57 Å². The van der Waals surface area contributed by atoms with Gasteiger partial charge in [-0.3, -0.25) is 9.59 Å². The zero-order valence-electron chi connectivity index (χ0n) is 20.7. The van der Waals surface area contributed by atoms with Crippen LogP contribution in [0.2, 0.25) is 0 Å². The molecule has 0 saturated heterocycles. The lowest BCUT2D eigenvalue weighted by Gasteiger charge is -2.16. The zero-order valence-corrected chi connectivity index (χ0v) is 22.3. The Kier molecular flexibility index (Phi) is 8.75. The van der Waals surface area contributed by atoms with Crippen LogP contribution in [0.5, 0.6) is 17.2 Å². The van der Waals surface area contributed by atoms with E-state index in [4.69, 9.17) is 18.9 Å². The van der Waals surface area contributed by atoms with Crippen LogP contribution in [0.25, 0.3) is 10.2 Å². The average Bonchev–Trinajstić information content (AvgIpc) is 3.16. The van der Waals surface area contributed by atoms with E-state index in [9.17, 15) is 18.0 Å². The minimum Gasteiger partial charge on any atom is -0.490 e. The summed E-state index contributed by atoms with van der Waals surface area (Å²) in [6.45, 7) is 6.31. The molecule has 3 rings (SSSR count). The van der Waals surface area contributed by atoms with E-state index in [2.05, 4.69) is 4.99 Å². The van der Waals surface area contributed by atoms with Crippen molar-refractivity contribution >= 4 is 43.3 Å². The van der Waals surface area contributed by atoms with E-state index < -0.39 is 21.7 Å². The van der Waals surface area contributed by atoms with Crippen molar-refractivity contribution in [3.05, 3.63) is 40.7 Å². The standard InChI is InChI=1S/C24H28N2O8S2/c1-6-32-18-11-15(12-19(33-7-2)22(18)34-8-3)23(28)25-24-26(14-21(27)31-4)17-10-9-16(36(5,29)30)13-20(17)35-24/h9-13H,6-8,14H2,1-5H3. The predicted molar refractivity (Wildman–Crippen MR) is 135 cm³/mol. The topological polar surface area (TPSA) is 122 Å². The van der Waals surface area contributed by atoms with Gasteiger partial charge in [0.2, 0.25) is 5.75 Å². The number of esters is 1. The fourth-order valence-corrected chi connectivity index (χ4v) is 5.17. The van der Waals surface area contributed by atoms with Gasteiger partial charge in [-0.1, -0.05) is 11.3 Å². The summed E-state index contributed by atoms with van der Waals surface area (Å²) in [4.78, 5) is 29.9. The Hall–Kier alpha value is -3.38. The largest absolute Gasteiger partial charge is 0.490 e. The first-order valence-corrected chi connectivity index (χ1v) is 13.9. The van der Waals surface area contributed by atoms with E-state index in [1.165, 1.54) is 35.9 Å². The minimum absolute atomic E-state index is 0.119. The summed E-state index contributed by atoms with van der Waals surface area (Å²) in [5.41, 5.74) is 0.741. The van der Waals surface area contributed by atoms with Crippen molar-refractivity contribution in [2.75, 3.05) is 33.2 Å². The van der Waals surface area contributed by atoms with Gasteiger partial charge in [-0.25, -0.2) is 8.42 Å². The molecule has 0 N–H and O–H groups in total. The van der Waals surface area contributed by atoms with Crippen LogP contribution in [0.3, 0.4) is 0 Å². The van der Waals surface area contributed by atoms with Gasteiger partial charge in [-0.05, 0) is 51.1 Å². The van der Waals surface area contributed by atoms with Gasteiger partial charge in [0.25, 0.3) is 5.91 Å². The van der Waals surface area contributed by atoms with E-state index in [1.54, 1.807) is 6.07 Å². The molecule has 36 heavy (non-hydrogen) atoms. The highest BCUT2D eigenvalue weighted by Crippen LogP contribution is 2.39. The van der Waals surface area contributed by atoms with E-state index in [0.717, 1.165) is 17.6 Å².